The summed E-state index contributed by atoms with van der Waals surface area (Å²) < 4.78 is 6.19. The van der Waals surface area contributed by atoms with E-state index in [1.54, 1.807) is 38.1 Å². The smallest absolute Gasteiger partial charge is 0.359 e. The van der Waals surface area contributed by atoms with Crippen molar-refractivity contribution in [2.24, 2.45) is 7.05 Å². The lowest BCUT2D eigenvalue weighted by molar-refractivity contribution is 0.0467. The van der Waals surface area contributed by atoms with Crippen LogP contribution in [0.4, 0.5) is 0 Å². The van der Waals surface area contributed by atoms with Crippen LogP contribution in [0.25, 0.3) is 10.8 Å². The number of hydrogen-bond acceptors (Lipinski definition) is 6. The summed E-state index contributed by atoms with van der Waals surface area (Å²) in [5, 5.41) is 4.67. The molecule has 0 radical (unpaired) electrons. The van der Waals surface area contributed by atoms with Crippen LogP contribution in [0.2, 0.25) is 0 Å². The molecule has 144 valence electrons. The number of aryl methyl sites for hydroxylation is 2. The fourth-order valence-electron chi connectivity index (χ4n) is 3.28. The van der Waals surface area contributed by atoms with Crippen LogP contribution in [0.5, 0.6) is 0 Å². The highest BCUT2D eigenvalue weighted by Gasteiger charge is 2.22. The molecular formula is C20H19N3O5. The van der Waals surface area contributed by atoms with Gasteiger partial charge in [-0.15, -0.1) is 0 Å². The molecule has 2 heterocycles. The van der Waals surface area contributed by atoms with Gasteiger partial charge in [-0.25, -0.2) is 9.48 Å². The monoisotopic (exact) mass is 381 g/mol. The summed E-state index contributed by atoms with van der Waals surface area (Å²) in [6.45, 7) is 4.27. The molecule has 0 aliphatic heterocycles. The van der Waals surface area contributed by atoms with E-state index in [4.69, 9.17) is 4.74 Å². The Bertz CT molecular complexity index is 1190. The van der Waals surface area contributed by atoms with Crippen LogP contribution < -0.4 is 5.56 Å². The number of H-pyrrole nitrogens is 1. The standard InChI is InChI=1S/C20H19N3O5/c1-10-16(12(3)24)11(2)21-17(10)15(25)9-28-20(27)18-13-7-5-6-8-14(13)19(26)23(4)22-18/h5-8,21H,9H2,1-4H3. The summed E-state index contributed by atoms with van der Waals surface area (Å²) >= 11 is 0. The van der Waals surface area contributed by atoms with E-state index in [1.165, 1.54) is 14.0 Å². The van der Waals surface area contributed by atoms with Crippen molar-refractivity contribution in [1.29, 1.82) is 0 Å². The highest BCUT2D eigenvalue weighted by Crippen LogP contribution is 2.19. The molecule has 0 atom stereocenters. The fourth-order valence-corrected chi connectivity index (χ4v) is 3.28. The lowest BCUT2D eigenvalue weighted by atomic mass is 10.1. The van der Waals surface area contributed by atoms with Gasteiger partial charge in [-0.2, -0.15) is 5.10 Å². The topological polar surface area (TPSA) is 111 Å². The Balaban J connectivity index is 1.86. The van der Waals surface area contributed by atoms with Crippen molar-refractivity contribution in [3.8, 4) is 0 Å². The van der Waals surface area contributed by atoms with Gasteiger partial charge in [0.25, 0.3) is 5.56 Å². The van der Waals surface area contributed by atoms with E-state index in [2.05, 4.69) is 10.1 Å². The summed E-state index contributed by atoms with van der Waals surface area (Å²) in [6.07, 6.45) is 0. The van der Waals surface area contributed by atoms with Gasteiger partial charge >= 0.3 is 5.97 Å². The van der Waals surface area contributed by atoms with E-state index in [-0.39, 0.29) is 22.7 Å². The number of rotatable bonds is 5. The average Bonchev–Trinajstić information content (AvgIpc) is 2.96. The van der Waals surface area contributed by atoms with Gasteiger partial charge in [0.15, 0.2) is 18.1 Å². The maximum absolute atomic E-state index is 12.5. The number of carbonyl (C=O) groups excluding carboxylic acids is 3. The minimum Gasteiger partial charge on any atom is -0.452 e. The first-order chi connectivity index (χ1) is 13.2. The summed E-state index contributed by atoms with van der Waals surface area (Å²) in [6, 6.07) is 6.56. The van der Waals surface area contributed by atoms with E-state index in [1.807, 2.05) is 0 Å². The average molecular weight is 381 g/mol. The highest BCUT2D eigenvalue weighted by atomic mass is 16.5. The number of carbonyl (C=O) groups is 3. The number of esters is 1. The van der Waals surface area contributed by atoms with Gasteiger partial charge in [-0.3, -0.25) is 14.4 Å². The molecule has 0 bridgehead atoms. The van der Waals surface area contributed by atoms with Crippen LogP contribution >= 0.6 is 0 Å². The number of nitrogens with zero attached hydrogens (tertiary/aromatic N) is 2. The van der Waals surface area contributed by atoms with Crippen molar-refractivity contribution in [2.75, 3.05) is 6.61 Å². The van der Waals surface area contributed by atoms with Gasteiger partial charge in [0.2, 0.25) is 5.78 Å². The van der Waals surface area contributed by atoms with E-state index in [9.17, 15) is 19.2 Å². The number of aromatic nitrogens is 3. The Morgan fingerprint density at radius 2 is 1.79 bits per heavy atom. The number of hydrogen-bond donors (Lipinski definition) is 1. The Morgan fingerprint density at radius 3 is 2.39 bits per heavy atom. The number of ketones is 2. The zero-order valence-corrected chi connectivity index (χ0v) is 16.0. The Hall–Kier alpha value is -3.55. The largest absolute Gasteiger partial charge is 0.452 e. The SMILES string of the molecule is CC(=O)c1c(C)[nH]c(C(=O)COC(=O)c2nn(C)c(=O)c3ccccc23)c1C. The molecule has 3 rings (SSSR count). The molecule has 0 saturated heterocycles. The number of benzene rings is 1. The molecular weight excluding hydrogens is 362 g/mol. The Morgan fingerprint density at radius 1 is 1.14 bits per heavy atom. The van der Waals surface area contributed by atoms with Crippen LogP contribution in [0.3, 0.4) is 0 Å². The van der Waals surface area contributed by atoms with E-state index in [0.717, 1.165) is 4.68 Å². The zero-order chi connectivity index (χ0) is 20.6. The fraction of sp³-hybridized carbons (Fsp3) is 0.250. The number of Topliss-reactive ketones (excluding diaryl/α,β-unsaturated/α-hetero) is 2. The summed E-state index contributed by atoms with van der Waals surface area (Å²) in [5.41, 5.74) is 1.42. The molecule has 8 heteroatoms. The number of fused-ring (bicyclic) bond motifs is 1. The first kappa shape index (κ1) is 19.2. The van der Waals surface area contributed by atoms with Crippen LogP contribution in [0, 0.1) is 13.8 Å². The predicted molar refractivity (Wildman–Crippen MR) is 102 cm³/mol. The predicted octanol–water partition coefficient (Wildman–Crippen LogP) is 2.12. The molecule has 1 aromatic carbocycles. The number of ether oxygens (including phenoxy) is 1. The zero-order valence-electron chi connectivity index (χ0n) is 16.0. The van der Waals surface area contributed by atoms with Crippen molar-refractivity contribution in [3.63, 3.8) is 0 Å². The van der Waals surface area contributed by atoms with Crippen molar-refractivity contribution in [2.45, 2.75) is 20.8 Å². The molecule has 0 aliphatic carbocycles. The van der Waals surface area contributed by atoms with Gasteiger partial charge in [0, 0.05) is 23.7 Å². The van der Waals surface area contributed by atoms with Gasteiger partial charge < -0.3 is 9.72 Å². The molecule has 2 aromatic heterocycles. The molecule has 28 heavy (non-hydrogen) atoms. The quantitative estimate of drug-likeness (QED) is 0.535. The van der Waals surface area contributed by atoms with Crippen LogP contribution in [-0.4, -0.2) is 38.9 Å². The molecule has 0 saturated carbocycles. The molecule has 3 aromatic rings. The highest BCUT2D eigenvalue weighted by molar-refractivity contribution is 6.06. The molecule has 0 amide bonds. The Labute approximate surface area is 160 Å². The Kier molecular flexibility index (Phi) is 4.96. The van der Waals surface area contributed by atoms with Crippen LogP contribution in [-0.2, 0) is 11.8 Å². The third-order valence-electron chi connectivity index (χ3n) is 4.55. The minimum atomic E-state index is -0.812. The van der Waals surface area contributed by atoms with Crippen molar-refractivity contribution in [1.82, 2.24) is 14.8 Å². The van der Waals surface area contributed by atoms with E-state index >= 15 is 0 Å². The second kappa shape index (κ2) is 7.22. The second-order valence-electron chi connectivity index (χ2n) is 6.50. The van der Waals surface area contributed by atoms with Gasteiger partial charge in [-0.05, 0) is 32.4 Å². The summed E-state index contributed by atoms with van der Waals surface area (Å²) in [7, 11) is 1.44. The van der Waals surface area contributed by atoms with Gasteiger partial charge in [-0.1, -0.05) is 18.2 Å². The maximum atomic E-state index is 12.5. The molecule has 0 unspecified atom stereocenters. The molecule has 0 aliphatic rings. The third-order valence-corrected chi connectivity index (χ3v) is 4.55. The van der Waals surface area contributed by atoms with Crippen LogP contribution in [0.1, 0.15) is 49.5 Å². The molecule has 0 spiro atoms. The number of aromatic amines is 1. The third kappa shape index (κ3) is 3.24. The summed E-state index contributed by atoms with van der Waals surface area (Å²) in [4.78, 5) is 51.7. The maximum Gasteiger partial charge on any atom is 0.359 e. The lowest BCUT2D eigenvalue weighted by Gasteiger charge is -2.08. The first-order valence-electron chi connectivity index (χ1n) is 8.58. The van der Waals surface area contributed by atoms with Crippen molar-refractivity contribution >= 4 is 28.3 Å². The number of nitrogens with one attached hydrogen (secondary N) is 1. The van der Waals surface area contributed by atoms with Crippen LogP contribution in [0.15, 0.2) is 29.1 Å². The van der Waals surface area contributed by atoms with Crippen molar-refractivity contribution in [3.05, 3.63) is 62.8 Å². The van der Waals surface area contributed by atoms with E-state index < -0.39 is 18.4 Å². The van der Waals surface area contributed by atoms with Gasteiger partial charge in [0.1, 0.15) is 0 Å². The molecule has 1 N–H and O–H groups in total. The van der Waals surface area contributed by atoms with Gasteiger partial charge in [0.05, 0.1) is 11.1 Å². The summed E-state index contributed by atoms with van der Waals surface area (Å²) in [5.74, 6) is -1.42. The second-order valence-corrected chi connectivity index (χ2v) is 6.50. The molecule has 0 fully saturated rings. The minimum absolute atomic E-state index is 0.0469. The first-order valence-corrected chi connectivity index (χ1v) is 8.58. The normalized spacial score (nSPS) is 10.9. The molecule has 8 nitrogen and oxygen atoms in total. The van der Waals surface area contributed by atoms with Crippen molar-refractivity contribution < 1.29 is 19.1 Å². The van der Waals surface area contributed by atoms with E-state index in [0.29, 0.717) is 27.6 Å². The lowest BCUT2D eigenvalue weighted by Crippen LogP contribution is -2.24.